The van der Waals surface area contributed by atoms with Crippen LogP contribution in [0.25, 0.3) is 0 Å². The van der Waals surface area contributed by atoms with Gasteiger partial charge in [0.2, 0.25) is 5.91 Å². The lowest BCUT2D eigenvalue weighted by molar-refractivity contribution is -0.359. The first kappa shape index (κ1) is 84.3. The quantitative estimate of drug-likeness (QED) is 0.0204. The Hall–Kier alpha value is -2.83. The van der Waals surface area contributed by atoms with Gasteiger partial charge in [-0.25, -0.2) is 0 Å². The summed E-state index contributed by atoms with van der Waals surface area (Å²) >= 11 is 0. The Kier molecular flexibility index (Phi) is 56.3. The lowest BCUT2D eigenvalue weighted by Crippen LogP contribution is -2.65. The van der Waals surface area contributed by atoms with Gasteiger partial charge in [0.25, 0.3) is 0 Å². The Morgan fingerprint density at radius 1 is 0.407 bits per heavy atom. The highest BCUT2D eigenvalue weighted by molar-refractivity contribution is 5.76. The molecule has 0 aliphatic carbocycles. The summed E-state index contributed by atoms with van der Waals surface area (Å²) in [6, 6.07) is -0.943. The van der Waals surface area contributed by atoms with Crippen molar-refractivity contribution >= 4 is 5.91 Å². The van der Waals surface area contributed by atoms with E-state index in [0.717, 1.165) is 70.6 Å². The molecule has 9 N–H and O–H groups in total. The van der Waals surface area contributed by atoms with E-state index >= 15 is 0 Å². The van der Waals surface area contributed by atoms with Crippen LogP contribution < -0.4 is 5.32 Å². The van der Waals surface area contributed by atoms with Gasteiger partial charge >= 0.3 is 0 Å². The third kappa shape index (κ3) is 44.5. The van der Waals surface area contributed by atoms with Crippen molar-refractivity contribution in [1.29, 1.82) is 0 Å². The fourth-order valence-corrected chi connectivity index (χ4v) is 11.9. The molecule has 14 heteroatoms. The number of ether oxygens (including phenoxy) is 4. The maximum atomic E-state index is 13.4. The molecule has 12 atom stereocenters. The maximum absolute atomic E-state index is 13.4. The molecule has 0 saturated carbocycles. The minimum absolute atomic E-state index is 0.251. The molecular formula is C77H137NO13. The van der Waals surface area contributed by atoms with Crippen molar-refractivity contribution in [1.82, 2.24) is 5.32 Å². The highest BCUT2D eigenvalue weighted by Gasteiger charge is 2.51. The molecule has 2 aliphatic rings. The Bertz CT molecular complexity index is 1850. The SMILES string of the molecule is CC/C=C\C/C=C\C/C=C\C/C=C\CCCCCCCCCCCCCCCCCCCCC(=O)NC(COC1OC(CO)C(OC2OC(CO)C(O)C(O)C2O)C(O)C1O)C(O)/C=C/CC/C=C/CC/C=C/CCCCCCCCCCCCCCCCCC. The summed E-state index contributed by atoms with van der Waals surface area (Å²) in [5.41, 5.74) is 0. The van der Waals surface area contributed by atoms with Crippen molar-refractivity contribution in [2.45, 2.75) is 376 Å². The van der Waals surface area contributed by atoms with Crippen molar-refractivity contribution < 1.29 is 64.6 Å². The zero-order chi connectivity index (χ0) is 65.9. The van der Waals surface area contributed by atoms with Crippen molar-refractivity contribution in [3.05, 3.63) is 85.1 Å². The van der Waals surface area contributed by atoms with Crippen molar-refractivity contribution in [2.24, 2.45) is 0 Å². The number of allylic oxidation sites excluding steroid dienone is 13. The molecule has 2 saturated heterocycles. The number of rotatable bonds is 61. The molecule has 14 nitrogen and oxygen atoms in total. The molecule has 528 valence electrons. The van der Waals surface area contributed by atoms with Gasteiger partial charge < -0.3 is 65.1 Å². The standard InChI is InChI=1S/C77H137NO13/c1-3-5-7-9-11-13-15-17-19-21-23-25-27-29-31-32-33-34-35-37-39-41-43-45-47-49-51-53-55-57-59-61-69(82)78-65(64-88-76-74(87)72(85)75(68(63-80)90-76)91-77-73(86)71(84)70(83)67(62-79)89-77)66(81)60-58-56-54-52-50-48-46-44-42-40-38-36-30-28-26-24-22-20-18-16-14-12-10-8-6-4-2/h5,7,11,13,17,19,23,25,42,44,50,52,58,60,65-68,70-77,79-81,83-87H,3-4,6,8-10,12,14-16,18,20-22,24,26-41,43,45-49,51,53-57,59,61-64H2,1-2H3,(H,78,82)/b7-5-,13-11-,19-17-,25-23-,44-42+,52-50+,60-58+. The molecule has 1 amide bonds. The fourth-order valence-electron chi connectivity index (χ4n) is 11.9. The molecule has 0 aromatic carbocycles. The summed E-state index contributed by atoms with van der Waals surface area (Å²) in [7, 11) is 0. The number of amides is 1. The predicted octanol–water partition coefficient (Wildman–Crippen LogP) is 16.0. The van der Waals surface area contributed by atoms with Crippen LogP contribution >= 0.6 is 0 Å². The van der Waals surface area contributed by atoms with Gasteiger partial charge in [0.05, 0.1) is 32.0 Å². The summed E-state index contributed by atoms with van der Waals surface area (Å²) in [5, 5.41) is 87.5. The van der Waals surface area contributed by atoms with E-state index in [1.165, 1.54) is 199 Å². The minimum Gasteiger partial charge on any atom is -0.394 e. The van der Waals surface area contributed by atoms with Gasteiger partial charge in [-0.15, -0.1) is 0 Å². The number of aliphatic hydroxyl groups excluding tert-OH is 8. The average Bonchev–Trinajstić information content (AvgIpc) is 1.25. The zero-order valence-electron chi connectivity index (χ0n) is 57.6. The van der Waals surface area contributed by atoms with Gasteiger partial charge in [0.15, 0.2) is 12.6 Å². The van der Waals surface area contributed by atoms with Gasteiger partial charge in [-0.05, 0) is 83.5 Å². The second-order valence-corrected chi connectivity index (χ2v) is 26.0. The van der Waals surface area contributed by atoms with E-state index in [1.54, 1.807) is 6.08 Å². The van der Waals surface area contributed by atoms with Gasteiger partial charge in [-0.2, -0.15) is 0 Å². The number of carbonyl (C=O) groups is 1. The first-order chi connectivity index (χ1) is 44.6. The van der Waals surface area contributed by atoms with Gasteiger partial charge in [0.1, 0.15) is 48.8 Å². The normalized spacial score (nSPS) is 23.3. The molecule has 0 aromatic heterocycles. The van der Waals surface area contributed by atoms with Crippen molar-refractivity contribution in [2.75, 3.05) is 19.8 Å². The molecule has 2 aliphatic heterocycles. The Morgan fingerprint density at radius 2 is 0.769 bits per heavy atom. The van der Waals surface area contributed by atoms with E-state index in [9.17, 15) is 45.6 Å². The maximum Gasteiger partial charge on any atom is 0.220 e. The summed E-state index contributed by atoms with van der Waals surface area (Å²) in [5.74, 6) is -0.251. The van der Waals surface area contributed by atoms with E-state index in [4.69, 9.17) is 18.9 Å². The molecule has 91 heavy (non-hydrogen) atoms. The molecule has 2 rings (SSSR count). The van der Waals surface area contributed by atoms with Crippen LogP contribution in [-0.2, 0) is 23.7 Å². The second-order valence-electron chi connectivity index (χ2n) is 26.0. The smallest absolute Gasteiger partial charge is 0.220 e. The fraction of sp³-hybridized carbons (Fsp3) is 0.805. The van der Waals surface area contributed by atoms with E-state index in [1.807, 2.05) is 6.08 Å². The molecule has 2 heterocycles. The van der Waals surface area contributed by atoms with E-state index in [2.05, 4.69) is 92.1 Å². The van der Waals surface area contributed by atoms with Crippen LogP contribution in [0.4, 0.5) is 0 Å². The third-order valence-corrected chi connectivity index (χ3v) is 17.8. The second kappa shape index (κ2) is 60.8. The molecule has 0 aromatic rings. The highest BCUT2D eigenvalue weighted by atomic mass is 16.7. The number of nitrogens with one attached hydrogen (secondary N) is 1. The van der Waals surface area contributed by atoms with Crippen LogP contribution in [0.5, 0.6) is 0 Å². The summed E-state index contributed by atoms with van der Waals surface area (Å²) in [6.45, 7) is 2.70. The molecule has 0 spiro atoms. The van der Waals surface area contributed by atoms with E-state index < -0.39 is 86.8 Å². The van der Waals surface area contributed by atoms with Crippen LogP contribution in [0.1, 0.15) is 303 Å². The van der Waals surface area contributed by atoms with Gasteiger partial charge in [0, 0.05) is 6.42 Å². The minimum atomic E-state index is -1.80. The average molecular weight is 1280 g/mol. The van der Waals surface area contributed by atoms with Crippen LogP contribution in [0, 0.1) is 0 Å². The van der Waals surface area contributed by atoms with Crippen LogP contribution in [0.15, 0.2) is 85.1 Å². The van der Waals surface area contributed by atoms with Crippen molar-refractivity contribution in [3.8, 4) is 0 Å². The lowest BCUT2D eigenvalue weighted by Gasteiger charge is -2.46. The zero-order valence-corrected chi connectivity index (χ0v) is 57.6. The first-order valence-corrected chi connectivity index (χ1v) is 37.3. The van der Waals surface area contributed by atoms with E-state index in [0.29, 0.717) is 12.8 Å². The topological polar surface area (TPSA) is 228 Å². The molecule has 2 fully saturated rings. The monoisotopic (exact) mass is 1280 g/mol. The molecule has 0 radical (unpaired) electrons. The molecular weight excluding hydrogens is 1150 g/mol. The van der Waals surface area contributed by atoms with Gasteiger partial charge in [-0.3, -0.25) is 4.79 Å². The third-order valence-electron chi connectivity index (χ3n) is 17.8. The first-order valence-electron chi connectivity index (χ1n) is 37.3. The van der Waals surface area contributed by atoms with E-state index in [-0.39, 0.29) is 18.9 Å². The summed E-state index contributed by atoms with van der Waals surface area (Å²) in [4.78, 5) is 13.4. The van der Waals surface area contributed by atoms with Crippen molar-refractivity contribution in [3.63, 3.8) is 0 Å². The largest absolute Gasteiger partial charge is 0.394 e. The lowest BCUT2D eigenvalue weighted by atomic mass is 9.97. The number of hydrogen-bond donors (Lipinski definition) is 9. The predicted molar refractivity (Wildman–Crippen MR) is 373 cm³/mol. The number of aliphatic hydroxyl groups is 8. The Labute approximate surface area is 554 Å². The van der Waals surface area contributed by atoms with Gasteiger partial charge in [-0.1, -0.05) is 298 Å². The molecule has 12 unspecified atom stereocenters. The Balaban J connectivity index is 1.67. The Morgan fingerprint density at radius 3 is 1.21 bits per heavy atom. The van der Waals surface area contributed by atoms with Crippen LogP contribution in [-0.4, -0.2) is 140 Å². The highest BCUT2D eigenvalue weighted by Crippen LogP contribution is 2.30. The number of unbranched alkanes of at least 4 members (excludes halogenated alkanes) is 36. The van der Waals surface area contributed by atoms with Crippen LogP contribution in [0.3, 0.4) is 0 Å². The summed E-state index contributed by atoms with van der Waals surface area (Å²) < 4.78 is 22.9. The van der Waals surface area contributed by atoms with Crippen LogP contribution in [0.2, 0.25) is 0 Å². The number of hydrogen-bond acceptors (Lipinski definition) is 13. The number of carbonyl (C=O) groups excluding carboxylic acids is 1. The molecule has 0 bridgehead atoms. The summed E-state index contributed by atoms with van der Waals surface area (Å²) in [6.07, 6.45) is 67.9.